The molecule has 1 aromatic rings. The van der Waals surface area contributed by atoms with Crippen LogP contribution in [0.3, 0.4) is 0 Å². The number of carbonyl (C=O) groups is 1. The fourth-order valence-corrected chi connectivity index (χ4v) is 2.24. The summed E-state index contributed by atoms with van der Waals surface area (Å²) in [7, 11) is 0. The first-order valence-corrected chi connectivity index (χ1v) is 6.57. The van der Waals surface area contributed by atoms with Gasteiger partial charge in [-0.3, -0.25) is 14.7 Å². The van der Waals surface area contributed by atoms with Crippen LogP contribution in [0.1, 0.15) is 19.4 Å². The molecule has 0 unspecified atom stereocenters. The molecule has 1 fully saturated rings. The van der Waals surface area contributed by atoms with Gasteiger partial charge in [-0.1, -0.05) is 19.9 Å². The Bertz CT molecular complexity index is 383. The Morgan fingerprint density at radius 3 is 2.61 bits per heavy atom. The highest BCUT2D eigenvalue weighted by molar-refractivity contribution is 5.78. The number of nitrogens with zero attached hydrogens (tertiary/aromatic N) is 3. The van der Waals surface area contributed by atoms with E-state index >= 15 is 0 Å². The summed E-state index contributed by atoms with van der Waals surface area (Å²) in [6.45, 7) is 8.45. The number of hydrogen-bond acceptors (Lipinski definition) is 3. The quantitative estimate of drug-likeness (QED) is 0.809. The summed E-state index contributed by atoms with van der Waals surface area (Å²) < 4.78 is 0. The SMILES string of the molecule is CC(C)C(=O)N1CCN(Cc2cccnc2)CC1. The van der Waals surface area contributed by atoms with Gasteiger partial charge in [0.2, 0.25) is 5.91 Å². The van der Waals surface area contributed by atoms with E-state index in [0.717, 1.165) is 32.7 Å². The summed E-state index contributed by atoms with van der Waals surface area (Å²) in [5, 5.41) is 0. The lowest BCUT2D eigenvalue weighted by molar-refractivity contribution is -0.136. The number of aromatic nitrogens is 1. The van der Waals surface area contributed by atoms with Gasteiger partial charge in [0.15, 0.2) is 0 Å². The minimum atomic E-state index is 0.106. The molecule has 0 atom stereocenters. The maximum absolute atomic E-state index is 11.9. The molecule has 0 bridgehead atoms. The van der Waals surface area contributed by atoms with E-state index in [9.17, 15) is 4.79 Å². The molecule has 0 aromatic carbocycles. The van der Waals surface area contributed by atoms with Crippen molar-refractivity contribution in [3.05, 3.63) is 30.1 Å². The lowest BCUT2D eigenvalue weighted by Crippen LogP contribution is -2.49. The molecule has 98 valence electrons. The van der Waals surface area contributed by atoms with E-state index in [0.29, 0.717) is 0 Å². The maximum Gasteiger partial charge on any atom is 0.225 e. The van der Waals surface area contributed by atoms with Gasteiger partial charge in [0.1, 0.15) is 0 Å². The van der Waals surface area contributed by atoms with Crippen LogP contribution in [0, 0.1) is 5.92 Å². The molecule has 1 aliphatic rings. The molecule has 2 heterocycles. The Balaban J connectivity index is 1.82. The number of rotatable bonds is 3. The van der Waals surface area contributed by atoms with Gasteiger partial charge in [0.05, 0.1) is 0 Å². The van der Waals surface area contributed by atoms with Crippen molar-refractivity contribution >= 4 is 5.91 Å². The van der Waals surface area contributed by atoms with E-state index in [-0.39, 0.29) is 11.8 Å². The zero-order valence-electron chi connectivity index (χ0n) is 11.2. The molecule has 1 aliphatic heterocycles. The van der Waals surface area contributed by atoms with Crippen molar-refractivity contribution < 1.29 is 4.79 Å². The van der Waals surface area contributed by atoms with Gasteiger partial charge in [-0.25, -0.2) is 0 Å². The van der Waals surface area contributed by atoms with Gasteiger partial charge in [-0.05, 0) is 11.6 Å². The van der Waals surface area contributed by atoms with Gasteiger partial charge in [0, 0.05) is 51.0 Å². The van der Waals surface area contributed by atoms with Crippen molar-refractivity contribution in [1.82, 2.24) is 14.8 Å². The lowest BCUT2D eigenvalue weighted by atomic mass is 10.1. The maximum atomic E-state index is 11.9. The van der Waals surface area contributed by atoms with Gasteiger partial charge < -0.3 is 4.90 Å². The molecule has 0 radical (unpaired) electrons. The van der Waals surface area contributed by atoms with Crippen molar-refractivity contribution in [1.29, 1.82) is 0 Å². The largest absolute Gasteiger partial charge is 0.340 e. The van der Waals surface area contributed by atoms with E-state index < -0.39 is 0 Å². The monoisotopic (exact) mass is 247 g/mol. The molecule has 1 saturated heterocycles. The number of pyridine rings is 1. The Labute approximate surface area is 109 Å². The molecule has 0 spiro atoms. The summed E-state index contributed by atoms with van der Waals surface area (Å²) in [5.74, 6) is 0.380. The number of amides is 1. The summed E-state index contributed by atoms with van der Waals surface area (Å²) in [6.07, 6.45) is 3.70. The molecule has 4 nitrogen and oxygen atoms in total. The first-order valence-electron chi connectivity index (χ1n) is 6.57. The summed E-state index contributed by atoms with van der Waals surface area (Å²) in [4.78, 5) is 20.3. The van der Waals surface area contributed by atoms with Crippen molar-refractivity contribution in [3.8, 4) is 0 Å². The van der Waals surface area contributed by atoms with Crippen molar-refractivity contribution in [2.75, 3.05) is 26.2 Å². The van der Waals surface area contributed by atoms with Gasteiger partial charge >= 0.3 is 0 Å². The van der Waals surface area contributed by atoms with Gasteiger partial charge in [0.25, 0.3) is 0 Å². The molecular formula is C14H21N3O. The van der Waals surface area contributed by atoms with Crippen LogP contribution in [0.15, 0.2) is 24.5 Å². The van der Waals surface area contributed by atoms with Crippen molar-refractivity contribution in [2.45, 2.75) is 20.4 Å². The fourth-order valence-electron chi connectivity index (χ4n) is 2.24. The van der Waals surface area contributed by atoms with E-state index in [1.165, 1.54) is 5.56 Å². The van der Waals surface area contributed by atoms with Crippen LogP contribution >= 0.6 is 0 Å². The molecule has 1 amide bonds. The normalized spacial score (nSPS) is 17.2. The predicted molar refractivity (Wildman–Crippen MR) is 70.9 cm³/mol. The third-order valence-corrected chi connectivity index (χ3v) is 3.31. The molecule has 4 heteroatoms. The van der Waals surface area contributed by atoms with Gasteiger partial charge in [-0.2, -0.15) is 0 Å². The Morgan fingerprint density at radius 2 is 2.06 bits per heavy atom. The standard InChI is InChI=1S/C14H21N3O/c1-12(2)14(18)17-8-6-16(7-9-17)11-13-4-3-5-15-10-13/h3-5,10,12H,6-9,11H2,1-2H3. The topological polar surface area (TPSA) is 36.4 Å². The number of hydrogen-bond donors (Lipinski definition) is 0. The van der Waals surface area contributed by atoms with E-state index in [2.05, 4.69) is 16.0 Å². The Hall–Kier alpha value is -1.42. The van der Waals surface area contributed by atoms with Crippen LogP contribution in [0.5, 0.6) is 0 Å². The highest BCUT2D eigenvalue weighted by atomic mass is 16.2. The molecular weight excluding hydrogens is 226 g/mol. The average molecular weight is 247 g/mol. The number of piperazine rings is 1. The fraction of sp³-hybridized carbons (Fsp3) is 0.571. The van der Waals surface area contributed by atoms with Gasteiger partial charge in [-0.15, -0.1) is 0 Å². The van der Waals surface area contributed by atoms with Crippen LogP contribution in [0.2, 0.25) is 0 Å². The van der Waals surface area contributed by atoms with E-state index in [4.69, 9.17) is 0 Å². The highest BCUT2D eigenvalue weighted by Gasteiger charge is 2.22. The first-order chi connectivity index (χ1) is 8.66. The molecule has 0 N–H and O–H groups in total. The molecule has 18 heavy (non-hydrogen) atoms. The molecule has 0 aliphatic carbocycles. The highest BCUT2D eigenvalue weighted by Crippen LogP contribution is 2.10. The zero-order chi connectivity index (χ0) is 13.0. The summed E-state index contributed by atoms with van der Waals surface area (Å²) in [6, 6.07) is 4.06. The number of carbonyl (C=O) groups excluding carboxylic acids is 1. The third kappa shape index (κ3) is 3.29. The molecule has 0 saturated carbocycles. The van der Waals surface area contributed by atoms with Crippen LogP contribution < -0.4 is 0 Å². The molecule has 1 aromatic heterocycles. The first kappa shape index (κ1) is 13.0. The predicted octanol–water partition coefficient (Wildman–Crippen LogP) is 1.38. The minimum Gasteiger partial charge on any atom is -0.340 e. The second-order valence-electron chi connectivity index (χ2n) is 5.12. The summed E-state index contributed by atoms with van der Waals surface area (Å²) >= 11 is 0. The van der Waals surface area contributed by atoms with E-state index in [1.54, 1.807) is 6.20 Å². The van der Waals surface area contributed by atoms with Crippen molar-refractivity contribution in [2.24, 2.45) is 5.92 Å². The van der Waals surface area contributed by atoms with Crippen LogP contribution in [-0.2, 0) is 11.3 Å². The Morgan fingerprint density at radius 1 is 1.33 bits per heavy atom. The summed E-state index contributed by atoms with van der Waals surface area (Å²) in [5.41, 5.74) is 1.24. The second-order valence-corrected chi connectivity index (χ2v) is 5.12. The average Bonchev–Trinajstić information content (AvgIpc) is 2.40. The van der Waals surface area contributed by atoms with Crippen LogP contribution in [-0.4, -0.2) is 46.9 Å². The molecule has 2 rings (SSSR count). The van der Waals surface area contributed by atoms with Crippen LogP contribution in [0.25, 0.3) is 0 Å². The second kappa shape index (κ2) is 5.96. The lowest BCUT2D eigenvalue weighted by Gasteiger charge is -2.35. The van der Waals surface area contributed by atoms with Crippen LogP contribution in [0.4, 0.5) is 0 Å². The van der Waals surface area contributed by atoms with E-state index in [1.807, 2.05) is 31.0 Å². The zero-order valence-corrected chi connectivity index (χ0v) is 11.2. The minimum absolute atomic E-state index is 0.106. The smallest absolute Gasteiger partial charge is 0.225 e. The third-order valence-electron chi connectivity index (χ3n) is 3.31. The Kier molecular flexibility index (Phi) is 4.31. The van der Waals surface area contributed by atoms with Crippen molar-refractivity contribution in [3.63, 3.8) is 0 Å².